The maximum absolute atomic E-state index is 13.6. The van der Waals surface area contributed by atoms with Crippen molar-refractivity contribution in [1.29, 1.82) is 0 Å². The van der Waals surface area contributed by atoms with E-state index in [-0.39, 0.29) is 0 Å². The maximum Gasteiger partial charge on any atom is 0.136 e. The van der Waals surface area contributed by atoms with Gasteiger partial charge in [0.1, 0.15) is 17.1 Å². The smallest absolute Gasteiger partial charge is 0.136 e. The molecular formula is C14H18Cl2FNOS. The lowest BCUT2D eigenvalue weighted by molar-refractivity contribution is -0.0208. The molecule has 0 fully saturated rings. The topological polar surface area (TPSA) is 32.3 Å². The minimum Gasteiger partial charge on any atom is -0.381 e. The van der Waals surface area contributed by atoms with E-state index in [0.717, 1.165) is 17.1 Å². The monoisotopic (exact) mass is 337 g/mol. The Labute approximate surface area is 133 Å². The predicted octanol–water partition coefficient (Wildman–Crippen LogP) is 3.27. The third-order valence-corrected chi connectivity index (χ3v) is 5.19. The van der Waals surface area contributed by atoms with E-state index >= 15 is 0 Å². The van der Waals surface area contributed by atoms with Crippen molar-refractivity contribution in [3.8, 4) is 0 Å². The van der Waals surface area contributed by atoms with Gasteiger partial charge in [0.2, 0.25) is 0 Å². The van der Waals surface area contributed by atoms with Crippen molar-refractivity contribution in [3.63, 3.8) is 0 Å². The summed E-state index contributed by atoms with van der Waals surface area (Å²) in [4.78, 5) is 0.196. The highest BCUT2D eigenvalue weighted by atomic mass is 35.5. The number of hydrogen-bond acceptors (Lipinski definition) is 3. The van der Waals surface area contributed by atoms with Crippen molar-refractivity contribution in [2.75, 3.05) is 19.0 Å². The van der Waals surface area contributed by atoms with Crippen LogP contribution in [0.5, 0.6) is 0 Å². The number of halogens is 3. The first-order valence-corrected chi connectivity index (χ1v) is 8.45. The van der Waals surface area contributed by atoms with Gasteiger partial charge in [0.05, 0.1) is 6.04 Å². The van der Waals surface area contributed by atoms with Crippen LogP contribution in [0.25, 0.3) is 0 Å². The second-order valence-electron chi connectivity index (χ2n) is 4.85. The van der Waals surface area contributed by atoms with Gasteiger partial charge in [-0.2, -0.15) is 0 Å². The van der Waals surface area contributed by atoms with Crippen molar-refractivity contribution in [2.24, 2.45) is 0 Å². The summed E-state index contributed by atoms with van der Waals surface area (Å²) in [6.07, 6.45) is 1.01. The van der Waals surface area contributed by atoms with Crippen LogP contribution in [0.4, 0.5) is 4.39 Å². The van der Waals surface area contributed by atoms with Gasteiger partial charge in [0.15, 0.2) is 0 Å². The minimum atomic E-state index is -1.72. The highest BCUT2D eigenvalue weighted by Crippen LogP contribution is 2.37. The summed E-state index contributed by atoms with van der Waals surface area (Å²) in [6, 6.07) is 4.81. The molecule has 0 bridgehead atoms. The Morgan fingerprint density at radius 3 is 2.85 bits per heavy atom. The number of alkyl halides is 3. The van der Waals surface area contributed by atoms with Crippen molar-refractivity contribution in [2.45, 2.75) is 34.7 Å². The molecule has 6 heteroatoms. The quantitative estimate of drug-likeness (QED) is 0.781. The molecule has 0 aromatic heterocycles. The molecule has 0 spiro atoms. The molecule has 0 aliphatic carbocycles. The van der Waals surface area contributed by atoms with E-state index in [1.54, 1.807) is 17.8 Å². The average molecular weight is 338 g/mol. The molecule has 0 saturated heterocycles. The highest BCUT2D eigenvalue weighted by molar-refractivity contribution is 7.99. The standard InChI is InChI=1S/C14H18Cl2FNOS/c1-2-18-12(13(15)16)14(19,8-17)10-4-3-9-5-6-20-11(9)7-10/h3-4,7,12-13,18-19H,2,5-6,8H2,1H3. The normalized spacial score (nSPS) is 18.9. The number of aliphatic hydroxyl groups is 1. The van der Waals surface area contributed by atoms with E-state index < -0.39 is 23.2 Å². The van der Waals surface area contributed by atoms with E-state index in [2.05, 4.69) is 5.32 Å². The lowest BCUT2D eigenvalue weighted by atomic mass is 9.87. The minimum absolute atomic E-state index is 0.519. The number of fused-ring (bicyclic) bond motifs is 1. The van der Waals surface area contributed by atoms with Gasteiger partial charge in [-0.25, -0.2) is 4.39 Å². The Morgan fingerprint density at radius 1 is 1.50 bits per heavy atom. The maximum atomic E-state index is 13.6. The molecule has 0 radical (unpaired) electrons. The third kappa shape index (κ3) is 3.09. The summed E-state index contributed by atoms with van der Waals surface area (Å²) >= 11 is 13.6. The fourth-order valence-corrected chi connectivity index (χ4v) is 4.16. The van der Waals surface area contributed by atoms with Crippen molar-refractivity contribution < 1.29 is 9.50 Å². The number of hydrogen-bond donors (Lipinski definition) is 2. The van der Waals surface area contributed by atoms with Gasteiger partial charge in [0.25, 0.3) is 0 Å². The number of thioether (sulfide) groups is 1. The second kappa shape index (κ2) is 6.84. The molecule has 112 valence electrons. The molecule has 2 atom stereocenters. The second-order valence-corrected chi connectivity index (χ2v) is 7.15. The number of likely N-dealkylation sites (N-methyl/N-ethyl adjacent to an activating group) is 1. The third-order valence-electron chi connectivity index (χ3n) is 3.59. The molecule has 20 heavy (non-hydrogen) atoms. The summed E-state index contributed by atoms with van der Waals surface area (Å²) in [6.45, 7) is 1.47. The Bertz CT molecular complexity index is 474. The van der Waals surface area contributed by atoms with Crippen LogP contribution in [0.2, 0.25) is 0 Å². The summed E-state index contributed by atoms with van der Waals surface area (Å²) < 4.78 is 13.6. The Kier molecular flexibility index (Phi) is 5.60. The largest absolute Gasteiger partial charge is 0.381 e. The van der Waals surface area contributed by atoms with Crippen LogP contribution >= 0.6 is 35.0 Å². The van der Waals surface area contributed by atoms with Crippen molar-refractivity contribution >= 4 is 35.0 Å². The van der Waals surface area contributed by atoms with Crippen LogP contribution in [0, 0.1) is 0 Å². The van der Waals surface area contributed by atoms with Crippen LogP contribution < -0.4 is 5.32 Å². The molecule has 1 aliphatic heterocycles. The molecule has 0 saturated carbocycles. The van der Waals surface area contributed by atoms with Crippen LogP contribution in [-0.4, -0.2) is 35.0 Å². The van der Waals surface area contributed by atoms with Gasteiger partial charge < -0.3 is 10.4 Å². The molecular weight excluding hydrogens is 320 g/mol. The van der Waals surface area contributed by atoms with Crippen LogP contribution in [0.1, 0.15) is 18.1 Å². The highest BCUT2D eigenvalue weighted by Gasteiger charge is 2.42. The average Bonchev–Trinajstić information content (AvgIpc) is 2.91. The van der Waals surface area contributed by atoms with Gasteiger partial charge in [0, 0.05) is 10.6 Å². The molecule has 1 aromatic carbocycles. The zero-order valence-electron chi connectivity index (χ0n) is 11.2. The van der Waals surface area contributed by atoms with E-state index in [4.69, 9.17) is 23.2 Å². The van der Waals surface area contributed by atoms with Crippen LogP contribution in [0.3, 0.4) is 0 Å². The van der Waals surface area contributed by atoms with Gasteiger partial charge in [-0.05, 0) is 30.2 Å². The van der Waals surface area contributed by atoms with Crippen LogP contribution in [0.15, 0.2) is 23.1 Å². The first-order chi connectivity index (χ1) is 9.52. The molecule has 2 nitrogen and oxygen atoms in total. The zero-order valence-corrected chi connectivity index (χ0v) is 13.5. The molecule has 2 N–H and O–H groups in total. The molecule has 1 aromatic rings. The van der Waals surface area contributed by atoms with Gasteiger partial charge in [-0.1, -0.05) is 19.1 Å². The summed E-state index contributed by atoms with van der Waals surface area (Å²) in [5.41, 5.74) is 0.0428. The van der Waals surface area contributed by atoms with Crippen molar-refractivity contribution in [3.05, 3.63) is 29.3 Å². The Hall–Kier alpha value is -0.000000000000000111. The Balaban J connectivity index is 2.38. The van der Waals surface area contributed by atoms with Gasteiger partial charge in [-0.15, -0.1) is 35.0 Å². The summed E-state index contributed by atoms with van der Waals surface area (Å²) in [7, 11) is 0. The van der Waals surface area contributed by atoms with Crippen molar-refractivity contribution in [1.82, 2.24) is 5.32 Å². The number of rotatable bonds is 6. The predicted molar refractivity (Wildman–Crippen MR) is 83.7 cm³/mol. The fraction of sp³-hybridized carbons (Fsp3) is 0.571. The number of nitrogens with one attached hydrogen (secondary N) is 1. The van der Waals surface area contributed by atoms with Crippen LogP contribution in [-0.2, 0) is 12.0 Å². The molecule has 2 unspecified atom stereocenters. The molecule has 1 aliphatic rings. The number of aryl methyl sites for hydroxylation is 1. The summed E-state index contributed by atoms with van der Waals surface area (Å²) in [5.74, 6) is 1.02. The van der Waals surface area contributed by atoms with Gasteiger partial charge >= 0.3 is 0 Å². The first kappa shape index (κ1) is 16.4. The molecule has 1 heterocycles. The van der Waals surface area contributed by atoms with E-state index in [1.807, 2.05) is 19.1 Å². The lowest BCUT2D eigenvalue weighted by Crippen LogP contribution is -2.53. The summed E-state index contributed by atoms with van der Waals surface area (Å²) in [5, 5.41) is 13.7. The van der Waals surface area contributed by atoms with E-state index in [9.17, 15) is 9.50 Å². The van der Waals surface area contributed by atoms with E-state index in [1.165, 1.54) is 5.56 Å². The number of benzene rings is 1. The fourth-order valence-electron chi connectivity index (χ4n) is 2.46. The van der Waals surface area contributed by atoms with E-state index in [0.29, 0.717) is 12.1 Å². The molecule has 2 rings (SSSR count). The lowest BCUT2D eigenvalue weighted by Gasteiger charge is -2.36. The van der Waals surface area contributed by atoms with Gasteiger partial charge in [-0.3, -0.25) is 0 Å². The zero-order chi connectivity index (χ0) is 14.8. The SMILES string of the molecule is CCNC(C(Cl)Cl)C(O)(CF)c1ccc2c(c1)SCC2. The Morgan fingerprint density at radius 2 is 2.25 bits per heavy atom. The molecule has 0 amide bonds. The first-order valence-electron chi connectivity index (χ1n) is 6.59.